The van der Waals surface area contributed by atoms with Gasteiger partial charge in [0.15, 0.2) is 5.65 Å². The molecule has 2 aliphatic rings. The second-order valence-corrected chi connectivity index (χ2v) is 6.51. The van der Waals surface area contributed by atoms with Crippen LogP contribution in [0.5, 0.6) is 0 Å². The predicted molar refractivity (Wildman–Crippen MR) is 82.6 cm³/mol. The summed E-state index contributed by atoms with van der Waals surface area (Å²) in [6, 6.07) is 2.42. The maximum Gasteiger partial charge on any atom is 0.234 e. The summed E-state index contributed by atoms with van der Waals surface area (Å²) in [7, 11) is 0. The lowest BCUT2D eigenvalue weighted by Crippen LogP contribution is -2.61. The van der Waals surface area contributed by atoms with Crippen molar-refractivity contribution in [1.82, 2.24) is 24.8 Å². The topological polar surface area (TPSA) is 62.5 Å². The number of carbonyl (C=O) groups is 1. The number of hydrogen-bond acceptors (Lipinski definition) is 4. The van der Waals surface area contributed by atoms with E-state index < -0.39 is 0 Å². The van der Waals surface area contributed by atoms with Gasteiger partial charge in [0.2, 0.25) is 5.91 Å². The number of aromatic nitrogens is 3. The molecule has 0 radical (unpaired) electrons. The quantitative estimate of drug-likeness (QED) is 0.855. The van der Waals surface area contributed by atoms with E-state index in [1.165, 1.54) is 12.8 Å². The van der Waals surface area contributed by atoms with E-state index in [1.54, 1.807) is 16.8 Å². The SMILES string of the molecule is O=C1CN(Cc2cnn3ccc(Cl)nc23)[C@H]2CCCC[C@H]2N1. The van der Waals surface area contributed by atoms with Crippen molar-refractivity contribution in [3.63, 3.8) is 0 Å². The summed E-state index contributed by atoms with van der Waals surface area (Å²) >= 11 is 5.99. The number of rotatable bonds is 2. The van der Waals surface area contributed by atoms with Crippen molar-refractivity contribution in [2.75, 3.05) is 6.54 Å². The lowest BCUT2D eigenvalue weighted by molar-refractivity contribution is -0.128. The lowest BCUT2D eigenvalue weighted by atomic mass is 9.87. The standard InChI is InChI=1S/C15H18ClN5O/c16-13-5-6-21-15(19-13)10(7-17-21)8-20-9-14(22)18-11-3-1-2-4-12(11)20/h5-7,11-12H,1-4,8-9H2,(H,18,22)/t11-,12+/m1/s1. The van der Waals surface area contributed by atoms with E-state index >= 15 is 0 Å². The van der Waals surface area contributed by atoms with Crippen LogP contribution in [0.2, 0.25) is 5.15 Å². The average Bonchev–Trinajstić information content (AvgIpc) is 2.89. The van der Waals surface area contributed by atoms with Gasteiger partial charge < -0.3 is 5.32 Å². The molecule has 0 spiro atoms. The van der Waals surface area contributed by atoms with Gasteiger partial charge in [-0.15, -0.1) is 0 Å². The smallest absolute Gasteiger partial charge is 0.234 e. The molecule has 2 aromatic rings. The number of hydrogen-bond donors (Lipinski definition) is 1. The molecule has 0 unspecified atom stereocenters. The van der Waals surface area contributed by atoms with E-state index in [9.17, 15) is 4.79 Å². The predicted octanol–water partition coefficient (Wildman–Crippen LogP) is 1.63. The zero-order valence-corrected chi connectivity index (χ0v) is 13.0. The molecule has 1 aliphatic heterocycles. The zero-order chi connectivity index (χ0) is 15.1. The highest BCUT2D eigenvalue weighted by molar-refractivity contribution is 6.29. The van der Waals surface area contributed by atoms with E-state index in [4.69, 9.17) is 11.6 Å². The summed E-state index contributed by atoms with van der Waals surface area (Å²) in [5, 5.41) is 7.91. The minimum Gasteiger partial charge on any atom is -0.351 e. The molecule has 0 aromatic carbocycles. The molecule has 1 N–H and O–H groups in total. The summed E-state index contributed by atoms with van der Waals surface area (Å²) in [5.74, 6) is 0.116. The molecule has 3 heterocycles. The highest BCUT2D eigenvalue weighted by atomic mass is 35.5. The molecule has 1 saturated carbocycles. The van der Waals surface area contributed by atoms with Gasteiger partial charge in [-0.05, 0) is 18.9 Å². The van der Waals surface area contributed by atoms with Crippen LogP contribution >= 0.6 is 11.6 Å². The van der Waals surface area contributed by atoms with E-state index in [0.717, 1.165) is 24.1 Å². The minimum atomic E-state index is 0.116. The van der Waals surface area contributed by atoms with E-state index in [0.29, 0.717) is 24.3 Å². The van der Waals surface area contributed by atoms with E-state index in [-0.39, 0.29) is 11.9 Å². The highest BCUT2D eigenvalue weighted by Gasteiger charge is 2.36. The van der Waals surface area contributed by atoms with Gasteiger partial charge in [0.25, 0.3) is 0 Å². The highest BCUT2D eigenvalue weighted by Crippen LogP contribution is 2.27. The summed E-state index contributed by atoms with van der Waals surface area (Å²) in [6.07, 6.45) is 8.27. The molecule has 1 amide bonds. The number of carbonyl (C=O) groups excluding carboxylic acids is 1. The summed E-state index contributed by atoms with van der Waals surface area (Å²) < 4.78 is 1.73. The average molecular weight is 320 g/mol. The first-order valence-electron chi connectivity index (χ1n) is 7.73. The number of amides is 1. The van der Waals surface area contributed by atoms with Crippen LogP contribution in [0.4, 0.5) is 0 Å². The Bertz CT molecular complexity index is 715. The van der Waals surface area contributed by atoms with Crippen LogP contribution in [0.25, 0.3) is 5.65 Å². The molecule has 1 aliphatic carbocycles. The van der Waals surface area contributed by atoms with Gasteiger partial charge in [0, 0.05) is 30.4 Å². The Morgan fingerprint density at radius 2 is 2.23 bits per heavy atom. The lowest BCUT2D eigenvalue weighted by Gasteiger charge is -2.43. The number of nitrogens with zero attached hydrogens (tertiary/aromatic N) is 4. The van der Waals surface area contributed by atoms with Crippen LogP contribution in [0.3, 0.4) is 0 Å². The van der Waals surface area contributed by atoms with Crippen molar-refractivity contribution in [1.29, 1.82) is 0 Å². The Morgan fingerprint density at radius 1 is 1.36 bits per heavy atom. The molecule has 0 bridgehead atoms. The van der Waals surface area contributed by atoms with Crippen LogP contribution in [0.1, 0.15) is 31.2 Å². The van der Waals surface area contributed by atoms with Crippen LogP contribution in [0, 0.1) is 0 Å². The summed E-state index contributed by atoms with van der Waals surface area (Å²) in [5.41, 5.74) is 1.78. The first kappa shape index (κ1) is 14.0. The van der Waals surface area contributed by atoms with Crippen molar-refractivity contribution in [2.45, 2.75) is 44.3 Å². The first-order valence-corrected chi connectivity index (χ1v) is 8.11. The Kier molecular flexibility index (Phi) is 3.50. The molecule has 2 aromatic heterocycles. The first-order chi connectivity index (χ1) is 10.7. The summed E-state index contributed by atoms with van der Waals surface area (Å²) in [4.78, 5) is 18.6. The third kappa shape index (κ3) is 2.46. The Hall–Kier alpha value is -1.66. The fourth-order valence-electron chi connectivity index (χ4n) is 3.67. The third-order valence-corrected chi connectivity index (χ3v) is 4.88. The normalized spacial score (nSPS) is 26.0. The number of fused-ring (bicyclic) bond motifs is 2. The fraction of sp³-hybridized carbons (Fsp3) is 0.533. The van der Waals surface area contributed by atoms with Gasteiger partial charge in [-0.3, -0.25) is 9.69 Å². The van der Waals surface area contributed by atoms with Crippen molar-refractivity contribution < 1.29 is 4.79 Å². The van der Waals surface area contributed by atoms with Crippen molar-refractivity contribution >= 4 is 23.2 Å². The van der Waals surface area contributed by atoms with Crippen molar-refractivity contribution in [3.8, 4) is 0 Å². The number of piperazine rings is 1. The Balaban J connectivity index is 1.62. The van der Waals surface area contributed by atoms with Crippen LogP contribution in [0.15, 0.2) is 18.5 Å². The molecular weight excluding hydrogens is 302 g/mol. The molecule has 1 saturated heterocycles. The minimum absolute atomic E-state index is 0.116. The molecule has 22 heavy (non-hydrogen) atoms. The van der Waals surface area contributed by atoms with Gasteiger partial charge in [-0.1, -0.05) is 24.4 Å². The fourth-order valence-corrected chi connectivity index (χ4v) is 3.80. The van der Waals surface area contributed by atoms with E-state index in [1.807, 2.05) is 6.20 Å². The number of halogens is 1. The maximum absolute atomic E-state index is 12.0. The van der Waals surface area contributed by atoms with Gasteiger partial charge >= 0.3 is 0 Å². The Labute approximate surface area is 133 Å². The second-order valence-electron chi connectivity index (χ2n) is 6.12. The molecular formula is C15H18ClN5O. The monoisotopic (exact) mass is 319 g/mol. The van der Waals surface area contributed by atoms with E-state index in [2.05, 4.69) is 20.3 Å². The van der Waals surface area contributed by atoms with Crippen molar-refractivity contribution in [3.05, 3.63) is 29.2 Å². The molecule has 4 rings (SSSR count). The molecule has 7 heteroatoms. The van der Waals surface area contributed by atoms with Gasteiger partial charge in [-0.2, -0.15) is 5.10 Å². The van der Waals surface area contributed by atoms with Gasteiger partial charge in [0.1, 0.15) is 5.15 Å². The summed E-state index contributed by atoms with van der Waals surface area (Å²) in [6.45, 7) is 1.13. The van der Waals surface area contributed by atoms with Crippen LogP contribution < -0.4 is 5.32 Å². The van der Waals surface area contributed by atoms with Crippen LogP contribution in [-0.2, 0) is 11.3 Å². The number of nitrogens with one attached hydrogen (secondary N) is 1. The molecule has 2 atom stereocenters. The van der Waals surface area contributed by atoms with Gasteiger partial charge in [-0.25, -0.2) is 9.50 Å². The molecule has 116 valence electrons. The largest absolute Gasteiger partial charge is 0.351 e. The molecule has 6 nitrogen and oxygen atoms in total. The zero-order valence-electron chi connectivity index (χ0n) is 12.2. The maximum atomic E-state index is 12.0. The third-order valence-electron chi connectivity index (χ3n) is 4.67. The second kappa shape index (κ2) is 5.52. The van der Waals surface area contributed by atoms with Gasteiger partial charge in [0.05, 0.1) is 12.7 Å². The molecule has 2 fully saturated rings. The van der Waals surface area contributed by atoms with Crippen molar-refractivity contribution in [2.24, 2.45) is 0 Å². The van der Waals surface area contributed by atoms with Crippen LogP contribution in [-0.4, -0.2) is 44.0 Å². The Morgan fingerprint density at radius 3 is 3.14 bits per heavy atom.